The molecule has 0 aliphatic carbocycles. The summed E-state index contributed by atoms with van der Waals surface area (Å²) in [7, 11) is 0. The number of hydrogen-bond donors (Lipinski definition) is 0. The van der Waals surface area contributed by atoms with Crippen molar-refractivity contribution < 1.29 is 4.74 Å². The molecule has 0 atom stereocenters. The van der Waals surface area contributed by atoms with Crippen LogP contribution in [0.5, 0.6) is 0 Å². The van der Waals surface area contributed by atoms with Crippen molar-refractivity contribution >= 4 is 0 Å². The van der Waals surface area contributed by atoms with E-state index in [-0.39, 0.29) is 6.10 Å². The summed E-state index contributed by atoms with van der Waals surface area (Å²) >= 11 is 0. The fraction of sp³-hybridized carbons (Fsp3) is 0.529. The normalized spacial score (nSPS) is 15.8. The number of hydrogen-bond acceptors (Lipinski definition) is 4. The Hall–Kier alpha value is -1.72. The van der Waals surface area contributed by atoms with E-state index in [9.17, 15) is 0 Å². The zero-order valence-electron chi connectivity index (χ0n) is 13.4. The van der Waals surface area contributed by atoms with Crippen LogP contribution in [0.2, 0.25) is 0 Å². The number of imidazole rings is 1. The monoisotopic (exact) mass is 300 g/mol. The molecule has 0 saturated heterocycles. The number of pyridine rings is 1. The lowest BCUT2D eigenvalue weighted by Gasteiger charge is -2.20. The Kier molecular flexibility index (Phi) is 4.85. The molecule has 3 heterocycles. The van der Waals surface area contributed by atoms with Gasteiger partial charge in [-0.15, -0.1) is 0 Å². The highest BCUT2D eigenvalue weighted by molar-refractivity contribution is 5.15. The average Bonchev–Trinajstić information content (AvgIpc) is 2.77. The van der Waals surface area contributed by atoms with Gasteiger partial charge in [-0.05, 0) is 38.0 Å². The summed E-state index contributed by atoms with van der Waals surface area (Å²) in [5.41, 5.74) is 3.69. The molecule has 5 nitrogen and oxygen atoms in total. The summed E-state index contributed by atoms with van der Waals surface area (Å²) in [4.78, 5) is 11.1. The molecule has 5 heteroatoms. The van der Waals surface area contributed by atoms with E-state index in [1.54, 1.807) is 0 Å². The third-order valence-electron chi connectivity index (χ3n) is 3.99. The van der Waals surface area contributed by atoms with Gasteiger partial charge in [0.2, 0.25) is 0 Å². The van der Waals surface area contributed by atoms with E-state index >= 15 is 0 Å². The molecule has 1 aliphatic rings. The standard InChI is InChI=1S/C17H24N4O/c1-14(2)22-12-16-17-11-20(8-3-9-21(17)13-19-16)10-15-4-6-18-7-5-15/h4-7,13-14H,3,8-12H2,1-2H3. The van der Waals surface area contributed by atoms with Crippen LogP contribution >= 0.6 is 0 Å². The van der Waals surface area contributed by atoms with E-state index in [0.717, 1.165) is 38.3 Å². The molecule has 0 saturated carbocycles. The molecule has 22 heavy (non-hydrogen) atoms. The van der Waals surface area contributed by atoms with Crippen LogP contribution in [-0.2, 0) is 31.0 Å². The fourth-order valence-corrected chi connectivity index (χ4v) is 2.83. The van der Waals surface area contributed by atoms with E-state index in [1.807, 2.05) is 18.7 Å². The van der Waals surface area contributed by atoms with Crippen molar-refractivity contribution in [1.82, 2.24) is 19.4 Å². The van der Waals surface area contributed by atoms with Gasteiger partial charge in [0.05, 0.1) is 30.4 Å². The maximum atomic E-state index is 5.74. The van der Waals surface area contributed by atoms with Gasteiger partial charge in [-0.2, -0.15) is 0 Å². The number of nitrogens with zero attached hydrogens (tertiary/aromatic N) is 4. The first-order valence-corrected chi connectivity index (χ1v) is 7.98. The lowest BCUT2D eigenvalue weighted by atomic mass is 10.2. The topological polar surface area (TPSA) is 43.2 Å². The molecule has 0 radical (unpaired) electrons. The second kappa shape index (κ2) is 7.03. The van der Waals surface area contributed by atoms with Gasteiger partial charge in [0.25, 0.3) is 0 Å². The number of aromatic nitrogens is 3. The van der Waals surface area contributed by atoms with Gasteiger partial charge in [-0.25, -0.2) is 4.98 Å². The first-order valence-electron chi connectivity index (χ1n) is 7.98. The summed E-state index contributed by atoms with van der Waals surface area (Å²) in [5.74, 6) is 0. The molecule has 1 aliphatic heterocycles. The number of fused-ring (bicyclic) bond motifs is 1. The van der Waals surface area contributed by atoms with Gasteiger partial charge >= 0.3 is 0 Å². The van der Waals surface area contributed by atoms with Crippen molar-refractivity contribution in [2.45, 2.75) is 52.6 Å². The van der Waals surface area contributed by atoms with Crippen LogP contribution < -0.4 is 0 Å². The van der Waals surface area contributed by atoms with Crippen molar-refractivity contribution in [3.8, 4) is 0 Å². The summed E-state index contributed by atoms with van der Waals surface area (Å²) in [5, 5.41) is 0. The zero-order valence-corrected chi connectivity index (χ0v) is 13.4. The van der Waals surface area contributed by atoms with Gasteiger partial charge < -0.3 is 9.30 Å². The van der Waals surface area contributed by atoms with Crippen LogP contribution in [0.25, 0.3) is 0 Å². The number of ether oxygens (including phenoxy) is 1. The van der Waals surface area contributed by atoms with Crippen molar-refractivity contribution in [3.63, 3.8) is 0 Å². The Morgan fingerprint density at radius 1 is 1.23 bits per heavy atom. The molecule has 0 spiro atoms. The van der Waals surface area contributed by atoms with E-state index < -0.39 is 0 Å². The summed E-state index contributed by atoms with van der Waals surface area (Å²) in [6.45, 7) is 8.75. The smallest absolute Gasteiger partial charge is 0.0953 e. The highest BCUT2D eigenvalue weighted by atomic mass is 16.5. The Morgan fingerprint density at radius 3 is 2.82 bits per heavy atom. The second-order valence-electron chi connectivity index (χ2n) is 6.11. The maximum Gasteiger partial charge on any atom is 0.0953 e. The lowest BCUT2D eigenvalue weighted by molar-refractivity contribution is 0.0628. The second-order valence-corrected chi connectivity index (χ2v) is 6.11. The highest BCUT2D eigenvalue weighted by Gasteiger charge is 2.19. The van der Waals surface area contributed by atoms with Gasteiger partial charge in [-0.3, -0.25) is 9.88 Å². The highest BCUT2D eigenvalue weighted by Crippen LogP contribution is 2.19. The summed E-state index contributed by atoms with van der Waals surface area (Å²) in [6.07, 6.45) is 7.07. The lowest BCUT2D eigenvalue weighted by Crippen LogP contribution is -2.23. The first-order chi connectivity index (χ1) is 10.7. The van der Waals surface area contributed by atoms with Crippen LogP contribution in [0.1, 0.15) is 37.2 Å². The third kappa shape index (κ3) is 3.72. The maximum absolute atomic E-state index is 5.74. The Morgan fingerprint density at radius 2 is 2.05 bits per heavy atom. The van der Waals surface area contributed by atoms with Crippen LogP contribution in [0.3, 0.4) is 0 Å². The molecule has 118 valence electrons. The fourth-order valence-electron chi connectivity index (χ4n) is 2.83. The SMILES string of the molecule is CC(C)OCc1ncn2c1CN(Cc1ccncc1)CCC2. The van der Waals surface area contributed by atoms with Crippen molar-refractivity contribution in [1.29, 1.82) is 0 Å². The van der Waals surface area contributed by atoms with Crippen LogP contribution in [0, 0.1) is 0 Å². The first kappa shape index (κ1) is 15.2. The van der Waals surface area contributed by atoms with Crippen LogP contribution in [0.4, 0.5) is 0 Å². The minimum Gasteiger partial charge on any atom is -0.372 e. The molecule has 0 amide bonds. The van der Waals surface area contributed by atoms with Gasteiger partial charge in [0.15, 0.2) is 0 Å². The predicted octanol–water partition coefficient (Wildman–Crippen LogP) is 2.61. The van der Waals surface area contributed by atoms with Crippen molar-refractivity contribution in [3.05, 3.63) is 47.8 Å². The minimum atomic E-state index is 0.232. The molecule has 3 rings (SSSR count). The molecule has 0 aromatic carbocycles. The predicted molar refractivity (Wildman–Crippen MR) is 85.1 cm³/mol. The molecule has 2 aromatic rings. The minimum absolute atomic E-state index is 0.232. The molecule has 0 fully saturated rings. The molecule has 0 unspecified atom stereocenters. The molecule has 0 bridgehead atoms. The summed E-state index contributed by atoms with van der Waals surface area (Å²) < 4.78 is 8.03. The van der Waals surface area contributed by atoms with Crippen molar-refractivity contribution in [2.24, 2.45) is 0 Å². The van der Waals surface area contributed by atoms with Crippen LogP contribution in [0.15, 0.2) is 30.9 Å². The molecular formula is C17H24N4O. The van der Waals surface area contributed by atoms with E-state index in [1.165, 1.54) is 11.3 Å². The van der Waals surface area contributed by atoms with Crippen molar-refractivity contribution in [2.75, 3.05) is 6.54 Å². The van der Waals surface area contributed by atoms with E-state index in [0.29, 0.717) is 6.61 Å². The number of rotatable bonds is 5. The van der Waals surface area contributed by atoms with E-state index in [2.05, 4.69) is 45.4 Å². The quantitative estimate of drug-likeness (QED) is 0.851. The molecule has 2 aromatic heterocycles. The zero-order chi connectivity index (χ0) is 15.4. The Labute approximate surface area is 131 Å². The molecular weight excluding hydrogens is 276 g/mol. The number of aryl methyl sites for hydroxylation is 1. The van der Waals surface area contributed by atoms with Gasteiger partial charge in [0.1, 0.15) is 0 Å². The van der Waals surface area contributed by atoms with Crippen LogP contribution in [-0.4, -0.2) is 32.1 Å². The average molecular weight is 300 g/mol. The Bertz CT molecular complexity index is 594. The third-order valence-corrected chi connectivity index (χ3v) is 3.99. The largest absolute Gasteiger partial charge is 0.372 e. The van der Waals surface area contributed by atoms with E-state index in [4.69, 9.17) is 4.74 Å². The van der Waals surface area contributed by atoms with Gasteiger partial charge in [0, 0.05) is 38.6 Å². The Balaban J connectivity index is 1.72. The molecule has 0 N–H and O–H groups in total. The summed E-state index contributed by atoms with van der Waals surface area (Å²) in [6, 6.07) is 4.18. The van der Waals surface area contributed by atoms with Gasteiger partial charge in [-0.1, -0.05) is 0 Å².